The molecule has 2 aromatic carbocycles. The maximum Gasteiger partial charge on any atom is 0.337 e. The number of anilines is 2. The molecule has 0 amide bonds. The molecule has 0 saturated carbocycles. The fourth-order valence-corrected chi connectivity index (χ4v) is 2.03. The predicted octanol–water partition coefficient (Wildman–Crippen LogP) is 1.90. The van der Waals surface area contributed by atoms with Gasteiger partial charge in [-0.15, -0.1) is 0 Å². The lowest BCUT2D eigenvalue weighted by atomic mass is 9.99. The number of hydrogen-bond acceptors (Lipinski definition) is 4. The number of carboxylic acids is 2. The molecule has 2 rings (SSSR count). The third kappa shape index (κ3) is 3.74. The van der Waals surface area contributed by atoms with E-state index in [1.54, 1.807) is 12.1 Å². The van der Waals surface area contributed by atoms with Gasteiger partial charge in [0, 0.05) is 11.4 Å². The Labute approximate surface area is 130 Å². The van der Waals surface area contributed by atoms with Crippen LogP contribution >= 0.6 is 9.90 Å². The summed E-state index contributed by atoms with van der Waals surface area (Å²) in [6.45, 7) is 0. The lowest BCUT2D eigenvalue weighted by Crippen LogP contribution is -2.05. The summed E-state index contributed by atoms with van der Waals surface area (Å²) in [6, 6.07) is 9.42. The molecule has 0 spiro atoms. The second-order valence-corrected chi connectivity index (χ2v) is 4.63. The van der Waals surface area contributed by atoms with Crippen molar-refractivity contribution in [3.63, 3.8) is 0 Å². The molecule has 6 N–H and O–H groups in total. The summed E-state index contributed by atoms with van der Waals surface area (Å²) in [6.07, 6.45) is 0.390. The Hall–Kier alpha value is -2.59. The molecule has 0 saturated heterocycles. The summed E-state index contributed by atoms with van der Waals surface area (Å²) < 4.78 is 0. The van der Waals surface area contributed by atoms with Crippen molar-refractivity contribution in [2.24, 2.45) is 0 Å². The first-order chi connectivity index (χ1) is 9.88. The number of rotatable bonds is 4. The van der Waals surface area contributed by atoms with Crippen molar-refractivity contribution in [2.75, 3.05) is 11.5 Å². The second-order valence-electron chi connectivity index (χ2n) is 4.63. The topological polar surface area (TPSA) is 127 Å². The normalized spacial score (nSPS) is 9.82. The first kappa shape index (κ1) is 17.5. The van der Waals surface area contributed by atoms with Crippen LogP contribution < -0.4 is 11.5 Å². The summed E-state index contributed by atoms with van der Waals surface area (Å²) >= 11 is 0. The predicted molar refractivity (Wildman–Crippen MR) is 89.5 cm³/mol. The zero-order valence-corrected chi connectivity index (χ0v) is 13.2. The van der Waals surface area contributed by atoms with E-state index in [4.69, 9.17) is 21.7 Å². The summed E-state index contributed by atoms with van der Waals surface area (Å²) in [5, 5.41) is 18.1. The van der Waals surface area contributed by atoms with Crippen molar-refractivity contribution >= 4 is 33.2 Å². The average molecular weight is 320 g/mol. The van der Waals surface area contributed by atoms with Crippen molar-refractivity contribution in [2.45, 2.75) is 6.42 Å². The van der Waals surface area contributed by atoms with Crippen LogP contribution in [0, 0.1) is 0 Å². The molecular formula is C15H17N2O4P. The monoisotopic (exact) mass is 320 g/mol. The quantitative estimate of drug-likeness (QED) is 0.503. The van der Waals surface area contributed by atoms with Crippen molar-refractivity contribution in [3.05, 3.63) is 58.7 Å². The number of carbonyl (C=O) groups is 2. The first-order valence-electron chi connectivity index (χ1n) is 6.12. The molecule has 0 aliphatic heterocycles. The molecule has 0 aliphatic rings. The van der Waals surface area contributed by atoms with Gasteiger partial charge in [0.1, 0.15) is 0 Å². The van der Waals surface area contributed by atoms with Gasteiger partial charge in [0.2, 0.25) is 0 Å². The highest BCUT2D eigenvalue weighted by molar-refractivity contribution is 6.92. The van der Waals surface area contributed by atoms with E-state index in [1.165, 1.54) is 24.3 Å². The van der Waals surface area contributed by atoms with Crippen molar-refractivity contribution in [1.29, 1.82) is 0 Å². The zero-order chi connectivity index (χ0) is 15.6. The van der Waals surface area contributed by atoms with Crippen LogP contribution in [0.2, 0.25) is 0 Å². The van der Waals surface area contributed by atoms with Gasteiger partial charge in [-0.25, -0.2) is 9.59 Å². The van der Waals surface area contributed by atoms with Crippen LogP contribution in [-0.4, -0.2) is 22.2 Å². The summed E-state index contributed by atoms with van der Waals surface area (Å²) in [7, 11) is 0. The van der Waals surface area contributed by atoms with Crippen molar-refractivity contribution < 1.29 is 19.8 Å². The Morgan fingerprint density at radius 1 is 0.818 bits per heavy atom. The van der Waals surface area contributed by atoms with E-state index in [9.17, 15) is 9.59 Å². The molecule has 1 atom stereocenters. The largest absolute Gasteiger partial charge is 0.478 e. The minimum Gasteiger partial charge on any atom is -0.478 e. The van der Waals surface area contributed by atoms with Gasteiger partial charge in [-0.05, 0) is 41.8 Å². The number of nitrogen functional groups attached to an aromatic ring is 2. The standard InChI is InChI=1S/C15H14N2O4.H3P/c16-12-3-1-8(6-10(12)14(18)19)5-9-2-4-13(17)11(7-9)15(20)21;/h1-4,6-7H,5,16-17H2,(H,18,19)(H,20,21);1H3. The van der Waals surface area contributed by atoms with Crippen LogP contribution in [0.3, 0.4) is 0 Å². The van der Waals surface area contributed by atoms with E-state index in [0.717, 1.165) is 11.1 Å². The Morgan fingerprint density at radius 3 is 1.50 bits per heavy atom. The molecule has 116 valence electrons. The van der Waals surface area contributed by atoms with Crippen molar-refractivity contribution in [1.82, 2.24) is 0 Å². The van der Waals surface area contributed by atoms with E-state index in [0.29, 0.717) is 6.42 Å². The highest BCUT2D eigenvalue weighted by atomic mass is 31.0. The van der Waals surface area contributed by atoms with Crippen molar-refractivity contribution in [3.8, 4) is 0 Å². The Balaban J connectivity index is 0.00000242. The van der Waals surface area contributed by atoms with Gasteiger partial charge in [-0.3, -0.25) is 0 Å². The van der Waals surface area contributed by atoms with E-state index in [2.05, 4.69) is 0 Å². The highest BCUT2D eigenvalue weighted by Crippen LogP contribution is 2.20. The van der Waals surface area contributed by atoms with Gasteiger partial charge in [0.05, 0.1) is 11.1 Å². The fraction of sp³-hybridized carbons (Fsp3) is 0.0667. The van der Waals surface area contributed by atoms with Gasteiger partial charge in [-0.2, -0.15) is 9.90 Å². The number of carboxylic acid groups (broad SMARTS) is 2. The van der Waals surface area contributed by atoms with Gasteiger partial charge >= 0.3 is 11.9 Å². The van der Waals surface area contributed by atoms with Gasteiger partial charge in [0.25, 0.3) is 0 Å². The lowest BCUT2D eigenvalue weighted by molar-refractivity contribution is 0.0687. The van der Waals surface area contributed by atoms with Crippen LogP contribution in [0.25, 0.3) is 0 Å². The van der Waals surface area contributed by atoms with E-state index < -0.39 is 11.9 Å². The lowest BCUT2D eigenvalue weighted by Gasteiger charge is -2.08. The number of aromatic carboxylic acids is 2. The SMILES string of the molecule is Nc1ccc(Cc2ccc(N)c(C(=O)O)c2)cc1C(=O)O.P. The molecule has 0 aromatic heterocycles. The minimum absolute atomic E-state index is 0. The van der Waals surface area contributed by atoms with E-state index in [-0.39, 0.29) is 32.4 Å². The van der Waals surface area contributed by atoms with Crippen LogP contribution in [0.1, 0.15) is 31.8 Å². The maximum absolute atomic E-state index is 11.0. The third-order valence-electron chi connectivity index (χ3n) is 3.10. The summed E-state index contributed by atoms with van der Waals surface area (Å²) in [5.74, 6) is -2.20. The molecular weight excluding hydrogens is 303 g/mol. The zero-order valence-electron chi connectivity index (χ0n) is 11.7. The molecule has 0 aliphatic carbocycles. The number of benzene rings is 2. The molecule has 0 bridgehead atoms. The first-order valence-corrected chi connectivity index (χ1v) is 6.12. The molecule has 6 nitrogen and oxygen atoms in total. The average Bonchev–Trinajstić information content (AvgIpc) is 2.42. The number of hydrogen-bond donors (Lipinski definition) is 4. The molecule has 0 fully saturated rings. The van der Waals surface area contributed by atoms with Crippen LogP contribution in [0.5, 0.6) is 0 Å². The highest BCUT2D eigenvalue weighted by Gasteiger charge is 2.11. The molecule has 0 heterocycles. The van der Waals surface area contributed by atoms with Gasteiger partial charge in [0.15, 0.2) is 0 Å². The van der Waals surface area contributed by atoms with Crippen LogP contribution in [0.4, 0.5) is 11.4 Å². The van der Waals surface area contributed by atoms with Crippen LogP contribution in [0.15, 0.2) is 36.4 Å². The Kier molecular flexibility index (Phi) is 5.49. The molecule has 0 radical (unpaired) electrons. The van der Waals surface area contributed by atoms with Gasteiger partial charge < -0.3 is 21.7 Å². The summed E-state index contributed by atoms with van der Waals surface area (Å²) in [4.78, 5) is 22.1. The third-order valence-corrected chi connectivity index (χ3v) is 3.10. The smallest absolute Gasteiger partial charge is 0.337 e. The van der Waals surface area contributed by atoms with Crippen LogP contribution in [-0.2, 0) is 6.42 Å². The van der Waals surface area contributed by atoms with E-state index >= 15 is 0 Å². The van der Waals surface area contributed by atoms with Gasteiger partial charge in [-0.1, -0.05) is 12.1 Å². The fourth-order valence-electron chi connectivity index (χ4n) is 2.03. The Bertz CT molecular complexity index is 670. The minimum atomic E-state index is -1.10. The summed E-state index contributed by atoms with van der Waals surface area (Å²) in [5.41, 5.74) is 13.1. The molecule has 7 heteroatoms. The molecule has 1 unspecified atom stereocenters. The second kappa shape index (κ2) is 6.91. The van der Waals surface area contributed by atoms with E-state index in [1.807, 2.05) is 0 Å². The Morgan fingerprint density at radius 2 is 1.18 bits per heavy atom. The number of nitrogens with two attached hydrogens (primary N) is 2. The molecule has 2 aromatic rings. The maximum atomic E-state index is 11.0. The molecule has 22 heavy (non-hydrogen) atoms.